The maximum absolute atomic E-state index is 3.82. The Hall–Kier alpha value is -0.650. The van der Waals surface area contributed by atoms with Gasteiger partial charge in [-0.1, -0.05) is 0 Å². The predicted octanol–water partition coefficient (Wildman–Crippen LogP) is 1.57. The summed E-state index contributed by atoms with van der Waals surface area (Å²) in [7, 11) is 2.01. The van der Waals surface area contributed by atoms with Gasteiger partial charge in [0.25, 0.3) is 0 Å². The summed E-state index contributed by atoms with van der Waals surface area (Å²) in [5.41, 5.74) is 1.13. The van der Waals surface area contributed by atoms with Gasteiger partial charge in [0, 0.05) is 22.2 Å². The molecule has 3 nitrogen and oxygen atoms in total. The molecule has 0 aliphatic rings. The third-order valence-electron chi connectivity index (χ3n) is 1.65. The largest absolute Gasteiger partial charge is 0.348 e. The predicted molar refractivity (Wildman–Crippen MR) is 51.2 cm³/mol. The van der Waals surface area contributed by atoms with Crippen LogP contribution in [0.2, 0.25) is 0 Å². The summed E-state index contributed by atoms with van der Waals surface area (Å²) in [4.78, 5) is 0. The molecule has 0 aromatic carbocycles. The molecule has 0 aliphatic heterocycles. The van der Waals surface area contributed by atoms with Gasteiger partial charge in [-0.05, 0) is 22.6 Å². The van der Waals surface area contributed by atoms with Crippen molar-refractivity contribution in [3.05, 3.63) is 22.2 Å². The first-order valence-electron chi connectivity index (χ1n) is 3.20. The normalized spacial score (nSPS) is 10.7. The highest BCUT2D eigenvalue weighted by Crippen LogP contribution is 2.19. The van der Waals surface area contributed by atoms with Crippen LogP contribution >= 0.6 is 22.6 Å². The molecule has 0 fully saturated rings. The zero-order chi connectivity index (χ0) is 7.84. The molecular formula is C7H6IN3. The van der Waals surface area contributed by atoms with E-state index in [2.05, 4.69) is 39.0 Å². The second-order valence-corrected chi connectivity index (χ2v) is 3.54. The number of nitrogens with zero attached hydrogens (tertiary/aromatic N) is 3. The van der Waals surface area contributed by atoms with Crippen LogP contribution in [0.25, 0.3) is 10.9 Å². The Morgan fingerprint density at radius 2 is 2.09 bits per heavy atom. The minimum Gasteiger partial charge on any atom is -0.348 e. The Bertz CT molecular complexity index is 357. The lowest BCUT2D eigenvalue weighted by atomic mass is 10.4. The Morgan fingerprint density at radius 1 is 1.36 bits per heavy atom. The zero-order valence-corrected chi connectivity index (χ0v) is 8.11. The zero-order valence-electron chi connectivity index (χ0n) is 5.95. The Balaban J connectivity index is 2.95. The quantitative estimate of drug-likeness (QED) is 0.672. The maximum Gasteiger partial charge on any atom is 0.0739 e. The molecular weight excluding hydrogens is 253 g/mol. The number of hydrogen-bond donors (Lipinski definition) is 0. The molecule has 0 unspecified atom stereocenters. The van der Waals surface area contributed by atoms with Gasteiger partial charge in [0.1, 0.15) is 0 Å². The molecule has 0 saturated carbocycles. The fourth-order valence-corrected chi connectivity index (χ4v) is 1.92. The highest BCUT2D eigenvalue weighted by Gasteiger charge is 2.02. The topological polar surface area (TPSA) is 30.7 Å². The molecule has 0 atom stereocenters. The van der Waals surface area contributed by atoms with Gasteiger partial charge < -0.3 is 4.57 Å². The van der Waals surface area contributed by atoms with Crippen molar-refractivity contribution in [1.82, 2.24) is 14.8 Å². The molecule has 0 N–H and O–H groups in total. The van der Waals surface area contributed by atoms with Gasteiger partial charge >= 0.3 is 0 Å². The minimum atomic E-state index is 1.13. The smallest absolute Gasteiger partial charge is 0.0739 e. The van der Waals surface area contributed by atoms with Crippen molar-refractivity contribution in [3.8, 4) is 0 Å². The Kier molecular flexibility index (Phi) is 1.56. The first kappa shape index (κ1) is 7.02. The van der Waals surface area contributed by atoms with E-state index in [-0.39, 0.29) is 0 Å². The summed E-state index contributed by atoms with van der Waals surface area (Å²) >= 11 is 2.29. The Morgan fingerprint density at radius 3 is 2.82 bits per heavy atom. The maximum atomic E-state index is 3.82. The van der Waals surface area contributed by atoms with Crippen LogP contribution in [-0.2, 0) is 7.05 Å². The Labute approximate surface area is 77.6 Å². The number of aryl methyl sites for hydroxylation is 1. The van der Waals surface area contributed by atoms with Gasteiger partial charge in [0.2, 0.25) is 0 Å². The summed E-state index contributed by atoms with van der Waals surface area (Å²) in [5.74, 6) is 0. The molecule has 0 amide bonds. The highest BCUT2D eigenvalue weighted by atomic mass is 127. The van der Waals surface area contributed by atoms with Gasteiger partial charge in [-0.3, -0.25) is 0 Å². The third kappa shape index (κ3) is 1.01. The fraction of sp³-hybridized carbons (Fsp3) is 0.143. The average molecular weight is 259 g/mol. The molecule has 0 aliphatic carbocycles. The molecule has 4 heteroatoms. The van der Waals surface area contributed by atoms with Gasteiger partial charge in [0.15, 0.2) is 0 Å². The van der Waals surface area contributed by atoms with Crippen molar-refractivity contribution in [2.45, 2.75) is 0 Å². The summed E-state index contributed by atoms with van der Waals surface area (Å²) in [6.07, 6.45) is 5.63. The average Bonchev–Trinajstić information content (AvgIpc) is 2.30. The van der Waals surface area contributed by atoms with Gasteiger partial charge in [-0.15, -0.1) is 0 Å². The molecule has 2 heterocycles. The first-order valence-corrected chi connectivity index (χ1v) is 4.28. The number of halogens is 1. The van der Waals surface area contributed by atoms with Crippen molar-refractivity contribution in [1.29, 1.82) is 0 Å². The van der Waals surface area contributed by atoms with Crippen molar-refractivity contribution in [2.75, 3.05) is 0 Å². The molecule has 0 saturated heterocycles. The number of hydrogen-bond acceptors (Lipinski definition) is 2. The van der Waals surface area contributed by atoms with E-state index in [1.54, 1.807) is 12.4 Å². The standard InChI is InChI=1S/C7H6IN3/c1-11-4-6(8)5-2-9-10-3-7(5)11/h2-4H,1H3. The highest BCUT2D eigenvalue weighted by molar-refractivity contribution is 14.1. The number of rotatable bonds is 0. The van der Waals surface area contributed by atoms with Crippen molar-refractivity contribution >= 4 is 33.5 Å². The van der Waals surface area contributed by atoms with Crippen LogP contribution in [0.3, 0.4) is 0 Å². The van der Waals surface area contributed by atoms with Gasteiger partial charge in [-0.25, -0.2) is 0 Å². The lowest BCUT2D eigenvalue weighted by molar-refractivity contribution is 0.951. The third-order valence-corrected chi connectivity index (χ3v) is 2.51. The van der Waals surface area contributed by atoms with E-state index in [9.17, 15) is 0 Å². The van der Waals surface area contributed by atoms with Crippen LogP contribution in [0.1, 0.15) is 0 Å². The summed E-state index contributed by atoms with van der Waals surface area (Å²) < 4.78 is 3.27. The molecule has 2 rings (SSSR count). The van der Waals surface area contributed by atoms with E-state index in [1.165, 1.54) is 8.96 Å². The van der Waals surface area contributed by atoms with E-state index < -0.39 is 0 Å². The number of aromatic nitrogens is 3. The van der Waals surface area contributed by atoms with Crippen LogP contribution in [0.5, 0.6) is 0 Å². The molecule has 2 aromatic rings. The minimum absolute atomic E-state index is 1.13. The lowest BCUT2D eigenvalue weighted by Crippen LogP contribution is -1.85. The molecule has 2 aromatic heterocycles. The lowest BCUT2D eigenvalue weighted by Gasteiger charge is -1.90. The van der Waals surface area contributed by atoms with Crippen LogP contribution in [-0.4, -0.2) is 14.8 Å². The first-order chi connectivity index (χ1) is 5.29. The van der Waals surface area contributed by atoms with Crippen LogP contribution in [0.15, 0.2) is 18.6 Å². The summed E-state index contributed by atoms with van der Waals surface area (Å²) in [6.45, 7) is 0. The molecule has 0 bridgehead atoms. The molecule has 0 spiro atoms. The number of fused-ring (bicyclic) bond motifs is 1. The van der Waals surface area contributed by atoms with E-state index in [1.807, 2.05) is 11.6 Å². The van der Waals surface area contributed by atoms with E-state index in [0.717, 1.165) is 5.52 Å². The summed E-state index contributed by atoms with van der Waals surface area (Å²) in [5, 5.41) is 8.80. The molecule has 56 valence electrons. The molecule has 11 heavy (non-hydrogen) atoms. The SMILES string of the molecule is Cn1cc(I)c2cnncc21. The van der Waals surface area contributed by atoms with E-state index in [0.29, 0.717) is 0 Å². The van der Waals surface area contributed by atoms with Crippen molar-refractivity contribution in [3.63, 3.8) is 0 Å². The fourth-order valence-electron chi connectivity index (χ4n) is 1.09. The van der Waals surface area contributed by atoms with E-state index >= 15 is 0 Å². The van der Waals surface area contributed by atoms with Crippen molar-refractivity contribution in [2.24, 2.45) is 7.05 Å². The molecule has 0 radical (unpaired) electrons. The monoisotopic (exact) mass is 259 g/mol. The van der Waals surface area contributed by atoms with Crippen LogP contribution in [0, 0.1) is 3.57 Å². The van der Waals surface area contributed by atoms with Crippen molar-refractivity contribution < 1.29 is 0 Å². The van der Waals surface area contributed by atoms with E-state index in [4.69, 9.17) is 0 Å². The van der Waals surface area contributed by atoms with Gasteiger partial charge in [0.05, 0.1) is 17.9 Å². The van der Waals surface area contributed by atoms with Gasteiger partial charge in [-0.2, -0.15) is 10.2 Å². The second kappa shape index (κ2) is 2.44. The second-order valence-electron chi connectivity index (χ2n) is 2.38. The van der Waals surface area contributed by atoms with Crippen LogP contribution < -0.4 is 0 Å². The summed E-state index contributed by atoms with van der Waals surface area (Å²) in [6, 6.07) is 0. The van der Waals surface area contributed by atoms with Crippen LogP contribution in [0.4, 0.5) is 0 Å².